The Balaban J connectivity index is 2.33. The average Bonchev–Trinajstić information content (AvgIpc) is 2.78. The molecule has 0 atom stereocenters. The number of nitrogens with zero attached hydrogens (tertiary/aromatic N) is 2. The Morgan fingerprint density at radius 2 is 2.17 bits per heavy atom. The molecule has 0 amide bonds. The van der Waals surface area contributed by atoms with Crippen LogP contribution >= 0.6 is 11.5 Å². The maximum absolute atomic E-state index is 5.96. The van der Waals surface area contributed by atoms with Crippen LogP contribution in [0.1, 0.15) is 26.7 Å². The van der Waals surface area contributed by atoms with Crippen LogP contribution in [0.15, 0.2) is 24.5 Å². The van der Waals surface area contributed by atoms with Crippen LogP contribution in [-0.4, -0.2) is 15.4 Å². The lowest BCUT2D eigenvalue weighted by atomic mass is 10.1. The van der Waals surface area contributed by atoms with Crippen LogP contribution < -0.4 is 11.1 Å². The number of pyridine rings is 1. The highest BCUT2D eigenvalue weighted by molar-refractivity contribution is 7.11. The standard InChI is InChI=1S/C13H18N4S/c1-3-10(4-2)16-13-11(12(14)17-18-13)9-6-5-7-15-8-9/h5-8,10,16H,3-4H2,1-2H3,(H2,14,17). The molecule has 0 unspecified atom stereocenters. The molecule has 0 fully saturated rings. The highest BCUT2D eigenvalue weighted by Gasteiger charge is 2.15. The minimum absolute atomic E-state index is 0.459. The van der Waals surface area contributed by atoms with Crippen LogP contribution in [0.3, 0.4) is 0 Å². The summed E-state index contributed by atoms with van der Waals surface area (Å²) < 4.78 is 4.24. The average molecular weight is 262 g/mol. The van der Waals surface area contributed by atoms with E-state index in [0.29, 0.717) is 11.9 Å². The number of nitrogens with two attached hydrogens (primary N) is 1. The summed E-state index contributed by atoms with van der Waals surface area (Å²) in [6.45, 7) is 4.35. The Hall–Kier alpha value is -1.62. The summed E-state index contributed by atoms with van der Waals surface area (Å²) in [6, 6.07) is 4.37. The second kappa shape index (κ2) is 5.82. The van der Waals surface area contributed by atoms with Crippen LogP contribution in [-0.2, 0) is 0 Å². The van der Waals surface area contributed by atoms with Crippen molar-refractivity contribution in [3.63, 3.8) is 0 Å². The molecule has 0 aliphatic heterocycles. The van der Waals surface area contributed by atoms with E-state index in [2.05, 4.69) is 28.5 Å². The second-order valence-electron chi connectivity index (χ2n) is 4.17. The van der Waals surface area contributed by atoms with E-state index in [-0.39, 0.29) is 0 Å². The first-order valence-corrected chi connectivity index (χ1v) is 6.95. The number of nitrogen functional groups attached to an aromatic ring is 1. The normalized spacial score (nSPS) is 10.8. The van der Waals surface area contributed by atoms with Gasteiger partial charge in [-0.15, -0.1) is 0 Å². The van der Waals surface area contributed by atoms with Crippen molar-refractivity contribution in [2.75, 3.05) is 11.1 Å². The molecule has 2 heterocycles. The van der Waals surface area contributed by atoms with Gasteiger partial charge in [0.25, 0.3) is 0 Å². The predicted molar refractivity (Wildman–Crippen MR) is 77.8 cm³/mol. The molecule has 4 nitrogen and oxygen atoms in total. The van der Waals surface area contributed by atoms with Crippen molar-refractivity contribution in [1.82, 2.24) is 9.36 Å². The number of hydrogen-bond donors (Lipinski definition) is 2. The van der Waals surface area contributed by atoms with Crippen LogP contribution in [0.5, 0.6) is 0 Å². The van der Waals surface area contributed by atoms with E-state index in [4.69, 9.17) is 5.73 Å². The topological polar surface area (TPSA) is 63.8 Å². The molecule has 0 aliphatic carbocycles. The summed E-state index contributed by atoms with van der Waals surface area (Å²) in [5, 5.41) is 4.55. The third-order valence-corrected chi connectivity index (χ3v) is 3.78. The summed E-state index contributed by atoms with van der Waals surface area (Å²) >= 11 is 1.42. The number of anilines is 2. The minimum atomic E-state index is 0.459. The molecule has 18 heavy (non-hydrogen) atoms. The number of hydrogen-bond acceptors (Lipinski definition) is 5. The monoisotopic (exact) mass is 262 g/mol. The van der Waals surface area contributed by atoms with Crippen molar-refractivity contribution in [2.24, 2.45) is 0 Å². The molecular weight excluding hydrogens is 244 g/mol. The van der Waals surface area contributed by atoms with Gasteiger partial charge in [-0.3, -0.25) is 4.98 Å². The SMILES string of the molecule is CCC(CC)Nc1snc(N)c1-c1cccnc1. The van der Waals surface area contributed by atoms with Gasteiger partial charge in [-0.25, -0.2) is 0 Å². The van der Waals surface area contributed by atoms with Crippen molar-refractivity contribution in [2.45, 2.75) is 32.7 Å². The van der Waals surface area contributed by atoms with Gasteiger partial charge >= 0.3 is 0 Å². The molecule has 0 aliphatic rings. The Morgan fingerprint density at radius 3 is 2.78 bits per heavy atom. The third-order valence-electron chi connectivity index (χ3n) is 2.99. The van der Waals surface area contributed by atoms with Crippen LogP contribution in [0.2, 0.25) is 0 Å². The number of nitrogens with one attached hydrogen (secondary N) is 1. The molecule has 5 heteroatoms. The number of rotatable bonds is 5. The van der Waals surface area contributed by atoms with Gasteiger partial charge in [0, 0.05) is 24.0 Å². The first-order chi connectivity index (χ1) is 8.76. The molecule has 0 bridgehead atoms. The zero-order valence-electron chi connectivity index (χ0n) is 10.7. The zero-order chi connectivity index (χ0) is 13.0. The fourth-order valence-corrected chi connectivity index (χ4v) is 2.68. The maximum atomic E-state index is 5.96. The zero-order valence-corrected chi connectivity index (χ0v) is 11.5. The lowest BCUT2D eigenvalue weighted by Gasteiger charge is -2.15. The summed E-state index contributed by atoms with van der Waals surface area (Å²) in [6.07, 6.45) is 5.74. The molecule has 3 N–H and O–H groups in total. The molecule has 96 valence electrons. The molecule has 0 saturated heterocycles. The van der Waals surface area contributed by atoms with Crippen molar-refractivity contribution >= 4 is 22.4 Å². The van der Waals surface area contributed by atoms with Crippen LogP contribution in [0.4, 0.5) is 10.8 Å². The Labute approximate surface area is 111 Å². The number of aromatic nitrogens is 2. The van der Waals surface area contributed by atoms with Crippen molar-refractivity contribution in [1.29, 1.82) is 0 Å². The van der Waals surface area contributed by atoms with Crippen LogP contribution in [0.25, 0.3) is 11.1 Å². The first kappa shape index (κ1) is 12.8. The summed E-state index contributed by atoms with van der Waals surface area (Å²) in [5.41, 5.74) is 7.95. The van der Waals surface area contributed by atoms with Gasteiger partial charge in [-0.05, 0) is 30.4 Å². The third kappa shape index (κ3) is 2.61. The molecule has 0 saturated carbocycles. The Bertz CT molecular complexity index is 491. The maximum Gasteiger partial charge on any atom is 0.147 e. The van der Waals surface area contributed by atoms with E-state index in [9.17, 15) is 0 Å². The lowest BCUT2D eigenvalue weighted by Crippen LogP contribution is -2.16. The second-order valence-corrected chi connectivity index (χ2v) is 4.94. The smallest absolute Gasteiger partial charge is 0.147 e. The van der Waals surface area contributed by atoms with E-state index in [1.807, 2.05) is 18.3 Å². The highest BCUT2D eigenvalue weighted by Crippen LogP contribution is 2.36. The Kier molecular flexibility index (Phi) is 4.15. The van der Waals surface area contributed by atoms with Crippen molar-refractivity contribution < 1.29 is 0 Å². The molecule has 2 aromatic rings. The minimum Gasteiger partial charge on any atom is -0.382 e. The van der Waals surface area contributed by atoms with E-state index in [1.54, 1.807) is 6.20 Å². The lowest BCUT2D eigenvalue weighted by molar-refractivity contribution is 0.674. The fourth-order valence-electron chi connectivity index (χ4n) is 1.87. The first-order valence-electron chi connectivity index (χ1n) is 6.18. The van der Waals surface area contributed by atoms with Gasteiger partial charge in [0.05, 0.1) is 5.56 Å². The fraction of sp³-hybridized carbons (Fsp3) is 0.385. The quantitative estimate of drug-likeness (QED) is 0.867. The van der Waals surface area contributed by atoms with E-state index in [1.165, 1.54) is 11.5 Å². The molecule has 2 aromatic heterocycles. The highest BCUT2D eigenvalue weighted by atomic mass is 32.1. The predicted octanol–water partition coefficient (Wildman–Crippen LogP) is 3.39. The summed E-state index contributed by atoms with van der Waals surface area (Å²) in [4.78, 5) is 4.14. The summed E-state index contributed by atoms with van der Waals surface area (Å²) in [5.74, 6) is 0.571. The van der Waals surface area contributed by atoms with Crippen LogP contribution in [0, 0.1) is 0 Å². The molecular formula is C13H18N4S. The van der Waals surface area contributed by atoms with Gasteiger partial charge < -0.3 is 11.1 Å². The Morgan fingerprint density at radius 1 is 1.39 bits per heavy atom. The van der Waals surface area contributed by atoms with Crippen molar-refractivity contribution in [3.8, 4) is 11.1 Å². The van der Waals surface area contributed by atoms with Crippen molar-refractivity contribution in [3.05, 3.63) is 24.5 Å². The van der Waals surface area contributed by atoms with Gasteiger partial charge in [0.2, 0.25) is 0 Å². The van der Waals surface area contributed by atoms with E-state index in [0.717, 1.165) is 29.0 Å². The van der Waals surface area contributed by atoms with E-state index >= 15 is 0 Å². The largest absolute Gasteiger partial charge is 0.382 e. The molecule has 2 rings (SSSR count). The summed E-state index contributed by atoms with van der Waals surface area (Å²) in [7, 11) is 0. The van der Waals surface area contributed by atoms with Gasteiger partial charge in [-0.2, -0.15) is 4.37 Å². The molecule has 0 radical (unpaired) electrons. The molecule has 0 aromatic carbocycles. The van der Waals surface area contributed by atoms with Gasteiger partial charge in [0.1, 0.15) is 10.8 Å². The molecule has 0 spiro atoms. The van der Waals surface area contributed by atoms with Gasteiger partial charge in [0.15, 0.2) is 0 Å². The van der Waals surface area contributed by atoms with Gasteiger partial charge in [-0.1, -0.05) is 19.9 Å². The van der Waals surface area contributed by atoms with E-state index < -0.39 is 0 Å².